The number of aromatic nitrogens is 2. The van der Waals surface area contributed by atoms with E-state index in [0.717, 1.165) is 86.8 Å². The number of nitrogens with zero attached hydrogens (tertiary/aromatic N) is 1. The van der Waals surface area contributed by atoms with E-state index in [1.807, 2.05) is 39.0 Å². The molecule has 10 atom stereocenters. The minimum absolute atomic E-state index is 0.0645. The fourth-order valence-corrected chi connectivity index (χ4v) is 15.6. The Morgan fingerprint density at radius 3 is 2.32 bits per heavy atom. The van der Waals surface area contributed by atoms with E-state index in [9.17, 15) is 24.3 Å². The number of amides is 1. The van der Waals surface area contributed by atoms with Crippen molar-refractivity contribution in [1.29, 1.82) is 0 Å². The molecular formula is C52H76N4O6. The van der Waals surface area contributed by atoms with E-state index in [2.05, 4.69) is 82.9 Å². The van der Waals surface area contributed by atoms with E-state index < -0.39 is 22.8 Å². The lowest BCUT2D eigenvalue weighted by Crippen LogP contribution is -2.66. The van der Waals surface area contributed by atoms with Crippen LogP contribution in [0.4, 0.5) is 0 Å². The zero-order valence-corrected chi connectivity index (χ0v) is 39.9. The Labute approximate surface area is 370 Å². The minimum Gasteiger partial charge on any atom is -0.481 e. The maximum absolute atomic E-state index is 14.2. The number of aryl methyl sites for hydroxylation is 1. The van der Waals surface area contributed by atoms with Gasteiger partial charge in [-0.1, -0.05) is 67.9 Å². The lowest BCUT2D eigenvalue weighted by Gasteiger charge is -2.72. The molecule has 2 aromatic rings. The van der Waals surface area contributed by atoms with E-state index in [1.165, 1.54) is 5.57 Å². The SMILES string of the molecule is Cc1nc2ccc(C(=O)NC(C)(C)CNCC[C@@]34CC[C@]5(C)[C@H](CC[C@@H]6[C@@]7(C)CC[C@H](OC(=O)[C@H]8C[C@@H](C(=O)O)C8(C)C)C(C)(C)[C@@H]7CC[C@]65C)C3=C(C(C)C)C(=O)C4)cc2[nH]1. The topological polar surface area (TPSA) is 150 Å². The summed E-state index contributed by atoms with van der Waals surface area (Å²) in [5, 5.41) is 16.7. The highest BCUT2D eigenvalue weighted by Gasteiger charge is 2.70. The second-order valence-electron chi connectivity index (χ2n) is 24.1. The average Bonchev–Trinajstić information content (AvgIpc) is 3.69. The van der Waals surface area contributed by atoms with Crippen LogP contribution in [0.5, 0.6) is 0 Å². The molecule has 0 unspecified atom stereocenters. The summed E-state index contributed by atoms with van der Waals surface area (Å²) in [5.41, 5.74) is 3.78. The molecule has 8 rings (SSSR count). The van der Waals surface area contributed by atoms with Crippen molar-refractivity contribution in [3.63, 3.8) is 0 Å². The molecule has 1 aromatic heterocycles. The number of aromatic amines is 1. The maximum atomic E-state index is 14.2. The number of fused-ring (bicyclic) bond motifs is 8. The van der Waals surface area contributed by atoms with Gasteiger partial charge < -0.3 is 25.5 Å². The number of carbonyl (C=O) groups excluding carboxylic acids is 3. The highest BCUT2D eigenvalue weighted by Crippen LogP contribution is 2.77. The quantitative estimate of drug-likeness (QED) is 0.129. The summed E-state index contributed by atoms with van der Waals surface area (Å²) in [6, 6.07) is 5.58. The number of carbonyl (C=O) groups is 4. The van der Waals surface area contributed by atoms with E-state index >= 15 is 0 Å². The molecule has 4 N–H and O–H groups in total. The summed E-state index contributed by atoms with van der Waals surface area (Å²) in [6.45, 7) is 28.1. The van der Waals surface area contributed by atoms with Crippen LogP contribution in [0.1, 0.15) is 163 Å². The summed E-state index contributed by atoms with van der Waals surface area (Å²) in [5.74, 6) is 0.650. The zero-order valence-electron chi connectivity index (χ0n) is 39.9. The third-order valence-electron chi connectivity index (χ3n) is 19.3. The van der Waals surface area contributed by atoms with Gasteiger partial charge in [-0.3, -0.25) is 19.2 Å². The van der Waals surface area contributed by atoms with E-state index in [0.29, 0.717) is 48.5 Å². The number of H-pyrrole nitrogens is 1. The van der Waals surface area contributed by atoms with Crippen LogP contribution in [-0.4, -0.2) is 63.4 Å². The average molecular weight is 853 g/mol. The minimum atomic E-state index is -0.826. The van der Waals surface area contributed by atoms with E-state index in [1.54, 1.807) is 0 Å². The lowest BCUT2D eigenvalue weighted by atomic mass is 9.33. The van der Waals surface area contributed by atoms with Crippen molar-refractivity contribution in [3.8, 4) is 0 Å². The van der Waals surface area contributed by atoms with Crippen molar-refractivity contribution in [2.45, 2.75) is 165 Å². The number of allylic oxidation sites excluding steroid dienone is 2. The summed E-state index contributed by atoms with van der Waals surface area (Å²) in [4.78, 5) is 60.8. The van der Waals surface area contributed by atoms with Gasteiger partial charge in [0.25, 0.3) is 5.91 Å². The van der Waals surface area contributed by atoms with Crippen LogP contribution >= 0.6 is 0 Å². The predicted molar refractivity (Wildman–Crippen MR) is 242 cm³/mol. The predicted octanol–water partition coefficient (Wildman–Crippen LogP) is 10.00. The number of hydrogen-bond acceptors (Lipinski definition) is 7. The molecule has 10 heteroatoms. The molecule has 0 spiro atoms. The van der Waals surface area contributed by atoms with Crippen molar-refractivity contribution in [3.05, 3.63) is 40.7 Å². The molecule has 6 aliphatic rings. The molecule has 5 fully saturated rings. The number of carboxylic acids is 1. The van der Waals surface area contributed by atoms with Crippen LogP contribution in [0, 0.1) is 74.9 Å². The first-order valence-corrected chi connectivity index (χ1v) is 24.0. The summed E-state index contributed by atoms with van der Waals surface area (Å²) in [6.07, 6.45) is 10.2. The van der Waals surface area contributed by atoms with Crippen LogP contribution in [0.25, 0.3) is 11.0 Å². The molecule has 62 heavy (non-hydrogen) atoms. The molecule has 10 nitrogen and oxygen atoms in total. The normalized spacial score (nSPS) is 37.2. The number of nitrogens with one attached hydrogen (secondary N) is 3. The number of Topliss-reactive ketones (excluding diaryl/α,β-unsaturated/α-hetero) is 1. The second kappa shape index (κ2) is 15.0. The van der Waals surface area contributed by atoms with Crippen LogP contribution in [0.2, 0.25) is 0 Å². The molecule has 6 aliphatic carbocycles. The molecule has 0 saturated heterocycles. The number of benzene rings is 1. The molecular weight excluding hydrogens is 777 g/mol. The van der Waals surface area contributed by atoms with Crippen molar-refractivity contribution < 1.29 is 29.0 Å². The van der Waals surface area contributed by atoms with Crippen molar-refractivity contribution in [1.82, 2.24) is 20.6 Å². The number of esters is 1. The Morgan fingerprint density at radius 1 is 0.919 bits per heavy atom. The molecule has 0 aliphatic heterocycles. The van der Waals surface area contributed by atoms with Gasteiger partial charge in [0, 0.05) is 34.9 Å². The monoisotopic (exact) mass is 853 g/mol. The highest BCUT2D eigenvalue weighted by molar-refractivity contribution is 6.00. The van der Waals surface area contributed by atoms with Gasteiger partial charge in [0.15, 0.2) is 5.78 Å². The molecule has 1 heterocycles. The van der Waals surface area contributed by atoms with Crippen molar-refractivity contribution in [2.24, 2.45) is 68.0 Å². The fourth-order valence-electron chi connectivity index (χ4n) is 15.6. The summed E-state index contributed by atoms with van der Waals surface area (Å²) in [7, 11) is 0. The first-order chi connectivity index (χ1) is 28.8. The first kappa shape index (κ1) is 45.1. The van der Waals surface area contributed by atoms with Crippen LogP contribution in [0.3, 0.4) is 0 Å². The molecule has 1 aromatic carbocycles. The maximum Gasteiger partial charge on any atom is 0.309 e. The fraction of sp³-hybridized carbons (Fsp3) is 0.750. The summed E-state index contributed by atoms with van der Waals surface area (Å²) < 4.78 is 6.45. The highest BCUT2D eigenvalue weighted by atomic mass is 16.5. The summed E-state index contributed by atoms with van der Waals surface area (Å²) >= 11 is 0. The molecule has 0 radical (unpaired) electrons. The van der Waals surface area contributed by atoms with Crippen molar-refractivity contribution in [2.75, 3.05) is 13.1 Å². The Bertz CT molecular complexity index is 2200. The number of carboxylic acid groups (broad SMARTS) is 1. The van der Waals surface area contributed by atoms with Gasteiger partial charge in [0.05, 0.1) is 22.9 Å². The van der Waals surface area contributed by atoms with E-state index in [-0.39, 0.29) is 56.9 Å². The van der Waals surface area contributed by atoms with E-state index in [4.69, 9.17) is 4.74 Å². The van der Waals surface area contributed by atoms with Gasteiger partial charge in [0.1, 0.15) is 11.9 Å². The number of aliphatic carboxylic acids is 1. The Morgan fingerprint density at radius 2 is 1.65 bits per heavy atom. The number of rotatable bonds is 11. The lowest BCUT2D eigenvalue weighted by molar-refractivity contribution is -0.236. The second-order valence-corrected chi connectivity index (χ2v) is 24.1. The van der Waals surface area contributed by atoms with Gasteiger partial charge in [-0.25, -0.2) is 4.98 Å². The number of ketones is 1. The Hall–Kier alpha value is -3.53. The molecule has 0 bridgehead atoms. The van der Waals surface area contributed by atoms with Crippen molar-refractivity contribution >= 4 is 34.7 Å². The third kappa shape index (κ3) is 6.83. The third-order valence-corrected chi connectivity index (χ3v) is 19.3. The van der Waals surface area contributed by atoms with Crippen LogP contribution < -0.4 is 10.6 Å². The molecule has 1 amide bonds. The number of imidazole rings is 1. The number of ether oxygens (including phenoxy) is 1. The van der Waals surface area contributed by atoms with Gasteiger partial charge in [0.2, 0.25) is 0 Å². The van der Waals surface area contributed by atoms with Gasteiger partial charge in [-0.05, 0) is 161 Å². The standard InChI is InChI=1S/C52H76N4O6/c1-29(2)41-37(57)27-52(23-24-53-28-46(4,5)56-43(58)31-13-15-35-36(25-31)55-30(3)54-35)22-21-50(11)32(42(41)52)14-16-39-49(10)19-18-40(48(8,9)38(49)17-20-51(39,50)12)62-45(61)34-26-33(44(59)60)47(34,6)7/h13,15,25,29,32-34,38-40,53H,14,16-24,26-28H2,1-12H3,(H,54,55)(H,56,58)(H,59,60)/t32-,33+,34-,38+,39-,40+,49+,50-,51-,52-/m1/s1. The number of hydrogen-bond donors (Lipinski definition) is 4. The molecule has 5 saturated carbocycles. The Kier molecular flexibility index (Phi) is 10.9. The molecule has 340 valence electrons. The van der Waals surface area contributed by atoms with Gasteiger partial charge in [-0.2, -0.15) is 0 Å². The van der Waals surface area contributed by atoms with Crippen LogP contribution in [0.15, 0.2) is 29.3 Å². The smallest absolute Gasteiger partial charge is 0.309 e. The van der Waals surface area contributed by atoms with Gasteiger partial charge >= 0.3 is 11.9 Å². The zero-order chi connectivity index (χ0) is 45.2. The Balaban J connectivity index is 0.963. The first-order valence-electron chi connectivity index (χ1n) is 24.0. The van der Waals surface area contributed by atoms with Crippen LogP contribution in [-0.2, 0) is 19.1 Å². The van der Waals surface area contributed by atoms with Gasteiger partial charge in [-0.15, -0.1) is 0 Å². The largest absolute Gasteiger partial charge is 0.481 e.